The Morgan fingerprint density at radius 1 is 1.00 bits per heavy atom. The van der Waals surface area contributed by atoms with Crippen LogP contribution in [0.4, 0.5) is 0 Å². The average Bonchev–Trinajstić information content (AvgIpc) is 2.36. The van der Waals surface area contributed by atoms with E-state index in [2.05, 4.69) is 5.32 Å². The third-order valence-corrected chi connectivity index (χ3v) is 6.10. The zero-order valence-electron chi connectivity index (χ0n) is 12.5. The van der Waals surface area contributed by atoms with Crippen molar-refractivity contribution in [3.63, 3.8) is 0 Å². The standard InChI is InChI=1S/C17H28ClNO/c18-4-2-1-3-5-19-16(20)12-17-9-13-6-14(10-17)8-15(7-13)11-17/h13-15H,1-12H2,(H,19,20). The molecular formula is C17H28ClNO. The summed E-state index contributed by atoms with van der Waals surface area (Å²) in [6, 6.07) is 0. The Morgan fingerprint density at radius 2 is 1.60 bits per heavy atom. The molecule has 0 saturated heterocycles. The number of halogens is 1. The van der Waals surface area contributed by atoms with Gasteiger partial charge in [0.1, 0.15) is 0 Å². The summed E-state index contributed by atoms with van der Waals surface area (Å²) in [7, 11) is 0. The molecule has 4 fully saturated rings. The monoisotopic (exact) mass is 297 g/mol. The first-order chi connectivity index (χ1) is 9.69. The number of rotatable bonds is 7. The van der Waals surface area contributed by atoms with Gasteiger partial charge in [-0.15, -0.1) is 11.6 Å². The van der Waals surface area contributed by atoms with Gasteiger partial charge in [0.05, 0.1) is 0 Å². The third-order valence-electron chi connectivity index (χ3n) is 5.83. The van der Waals surface area contributed by atoms with E-state index in [9.17, 15) is 4.79 Å². The van der Waals surface area contributed by atoms with Gasteiger partial charge in [0.2, 0.25) is 5.91 Å². The van der Waals surface area contributed by atoms with Crippen molar-refractivity contribution in [3.8, 4) is 0 Å². The minimum atomic E-state index is 0.304. The summed E-state index contributed by atoms with van der Waals surface area (Å²) in [5, 5.41) is 3.13. The fraction of sp³-hybridized carbons (Fsp3) is 0.941. The molecule has 114 valence electrons. The molecule has 0 atom stereocenters. The molecule has 1 amide bonds. The third kappa shape index (κ3) is 3.32. The summed E-state index contributed by atoms with van der Waals surface area (Å²) < 4.78 is 0. The highest BCUT2D eigenvalue weighted by Gasteiger charge is 2.51. The van der Waals surface area contributed by atoms with E-state index >= 15 is 0 Å². The topological polar surface area (TPSA) is 29.1 Å². The van der Waals surface area contributed by atoms with Crippen molar-refractivity contribution in [2.45, 2.75) is 64.2 Å². The van der Waals surface area contributed by atoms with E-state index in [1.807, 2.05) is 0 Å². The van der Waals surface area contributed by atoms with E-state index in [4.69, 9.17) is 11.6 Å². The summed E-state index contributed by atoms with van der Waals surface area (Å²) in [5.41, 5.74) is 0.384. The molecule has 3 heteroatoms. The molecule has 0 spiro atoms. The van der Waals surface area contributed by atoms with Crippen molar-refractivity contribution in [1.82, 2.24) is 5.32 Å². The van der Waals surface area contributed by atoms with Crippen LogP contribution >= 0.6 is 11.6 Å². The Balaban J connectivity index is 1.44. The van der Waals surface area contributed by atoms with Crippen LogP contribution in [0.15, 0.2) is 0 Å². The summed E-state index contributed by atoms with van der Waals surface area (Å²) in [6.45, 7) is 0.835. The molecule has 0 aromatic carbocycles. The summed E-state index contributed by atoms with van der Waals surface area (Å²) in [5.74, 6) is 3.87. The SMILES string of the molecule is O=C(CC12CC3CC(CC(C3)C1)C2)NCCCCCCl. The molecule has 0 aromatic heterocycles. The summed E-state index contributed by atoms with van der Waals surface area (Å²) in [6.07, 6.45) is 12.4. The molecule has 4 saturated carbocycles. The van der Waals surface area contributed by atoms with Crippen molar-refractivity contribution in [2.75, 3.05) is 12.4 Å². The maximum atomic E-state index is 12.2. The number of carbonyl (C=O) groups excluding carboxylic acids is 1. The lowest BCUT2D eigenvalue weighted by atomic mass is 9.49. The Labute approximate surface area is 128 Å². The maximum Gasteiger partial charge on any atom is 0.220 e. The van der Waals surface area contributed by atoms with E-state index in [0.29, 0.717) is 11.3 Å². The van der Waals surface area contributed by atoms with Crippen molar-refractivity contribution < 1.29 is 4.79 Å². The number of hydrogen-bond donors (Lipinski definition) is 1. The molecule has 4 aliphatic carbocycles. The van der Waals surface area contributed by atoms with Crippen LogP contribution in [-0.2, 0) is 4.79 Å². The van der Waals surface area contributed by atoms with Gasteiger partial charge in [0, 0.05) is 18.8 Å². The Bertz CT molecular complexity index is 320. The zero-order chi connectivity index (χ0) is 14.0. The van der Waals surface area contributed by atoms with Crippen molar-refractivity contribution in [3.05, 3.63) is 0 Å². The lowest BCUT2D eigenvalue weighted by Crippen LogP contribution is -2.48. The van der Waals surface area contributed by atoms with E-state index < -0.39 is 0 Å². The normalized spacial score (nSPS) is 38.1. The number of alkyl halides is 1. The van der Waals surface area contributed by atoms with E-state index in [0.717, 1.165) is 55.9 Å². The molecule has 0 radical (unpaired) electrons. The minimum Gasteiger partial charge on any atom is -0.356 e. The summed E-state index contributed by atoms with van der Waals surface area (Å²) in [4.78, 5) is 12.2. The largest absolute Gasteiger partial charge is 0.356 e. The predicted molar refractivity (Wildman–Crippen MR) is 82.8 cm³/mol. The first kappa shape index (κ1) is 14.7. The second-order valence-corrected chi connectivity index (χ2v) is 8.07. The van der Waals surface area contributed by atoms with Gasteiger partial charge >= 0.3 is 0 Å². The van der Waals surface area contributed by atoms with Gasteiger partial charge in [0.25, 0.3) is 0 Å². The highest BCUT2D eigenvalue weighted by molar-refractivity contribution is 6.17. The van der Waals surface area contributed by atoms with E-state index in [1.54, 1.807) is 0 Å². The van der Waals surface area contributed by atoms with Crippen LogP contribution in [0.5, 0.6) is 0 Å². The van der Waals surface area contributed by atoms with Gasteiger partial charge in [-0.2, -0.15) is 0 Å². The van der Waals surface area contributed by atoms with Crippen molar-refractivity contribution in [2.24, 2.45) is 23.2 Å². The molecule has 1 N–H and O–H groups in total. The quantitative estimate of drug-likeness (QED) is 0.556. The van der Waals surface area contributed by atoms with Crippen LogP contribution in [0.25, 0.3) is 0 Å². The molecule has 4 aliphatic rings. The van der Waals surface area contributed by atoms with Crippen LogP contribution in [0.2, 0.25) is 0 Å². The molecular weight excluding hydrogens is 270 g/mol. The Kier molecular flexibility index (Phi) is 4.59. The maximum absolute atomic E-state index is 12.2. The van der Waals surface area contributed by atoms with Crippen molar-refractivity contribution >= 4 is 17.5 Å². The lowest BCUT2D eigenvalue weighted by Gasteiger charge is -2.56. The predicted octanol–water partition coefficient (Wildman–Crippen LogP) is 4.12. The van der Waals surface area contributed by atoms with Crippen LogP contribution in [-0.4, -0.2) is 18.3 Å². The second kappa shape index (κ2) is 6.25. The van der Waals surface area contributed by atoms with Gasteiger partial charge in [0.15, 0.2) is 0 Å². The summed E-state index contributed by atoms with van der Waals surface area (Å²) >= 11 is 5.66. The van der Waals surface area contributed by atoms with Crippen LogP contribution in [0.3, 0.4) is 0 Å². The first-order valence-electron chi connectivity index (χ1n) is 8.52. The Hall–Kier alpha value is -0.240. The zero-order valence-corrected chi connectivity index (χ0v) is 13.3. The van der Waals surface area contributed by atoms with Crippen molar-refractivity contribution in [1.29, 1.82) is 0 Å². The smallest absolute Gasteiger partial charge is 0.220 e. The van der Waals surface area contributed by atoms with Gasteiger partial charge in [-0.1, -0.05) is 6.42 Å². The number of amides is 1. The second-order valence-electron chi connectivity index (χ2n) is 7.69. The van der Waals surface area contributed by atoms with E-state index in [1.165, 1.54) is 38.5 Å². The van der Waals surface area contributed by atoms with Gasteiger partial charge in [-0.3, -0.25) is 4.79 Å². The minimum absolute atomic E-state index is 0.304. The lowest BCUT2D eigenvalue weighted by molar-refractivity contribution is -0.129. The highest BCUT2D eigenvalue weighted by atomic mass is 35.5. The molecule has 0 aliphatic heterocycles. The molecule has 4 bridgehead atoms. The van der Waals surface area contributed by atoms with Gasteiger partial charge in [-0.05, 0) is 74.5 Å². The van der Waals surface area contributed by atoms with Gasteiger partial charge in [-0.25, -0.2) is 0 Å². The van der Waals surface area contributed by atoms with Crippen LogP contribution < -0.4 is 5.32 Å². The van der Waals surface area contributed by atoms with Gasteiger partial charge < -0.3 is 5.32 Å². The average molecular weight is 298 g/mol. The molecule has 0 heterocycles. The number of carbonyl (C=O) groups is 1. The van der Waals surface area contributed by atoms with E-state index in [-0.39, 0.29) is 0 Å². The molecule has 0 aromatic rings. The number of nitrogens with one attached hydrogen (secondary N) is 1. The fourth-order valence-corrected chi connectivity index (χ4v) is 5.72. The first-order valence-corrected chi connectivity index (χ1v) is 9.05. The van der Waals surface area contributed by atoms with Crippen LogP contribution in [0.1, 0.15) is 64.2 Å². The Morgan fingerprint density at radius 3 is 2.15 bits per heavy atom. The molecule has 0 unspecified atom stereocenters. The van der Waals surface area contributed by atoms with Crippen LogP contribution in [0, 0.1) is 23.2 Å². The number of unbranched alkanes of at least 4 members (excludes halogenated alkanes) is 2. The molecule has 4 rings (SSSR count). The number of hydrogen-bond acceptors (Lipinski definition) is 1. The molecule has 2 nitrogen and oxygen atoms in total. The highest BCUT2D eigenvalue weighted by Crippen LogP contribution is 2.61. The fourth-order valence-electron chi connectivity index (χ4n) is 5.53. The molecule has 20 heavy (non-hydrogen) atoms.